The van der Waals surface area contributed by atoms with Crippen molar-refractivity contribution in [2.75, 3.05) is 5.32 Å². The number of hydrogen-bond donors (Lipinski definition) is 3. The van der Waals surface area contributed by atoms with Crippen LogP contribution in [0.4, 0.5) is 10.5 Å². The highest BCUT2D eigenvalue weighted by molar-refractivity contribution is 9.10. The van der Waals surface area contributed by atoms with E-state index in [1.165, 1.54) is 12.1 Å². The Bertz CT molecular complexity index is 562. The highest BCUT2D eigenvalue weighted by Crippen LogP contribution is 2.31. The van der Waals surface area contributed by atoms with E-state index < -0.39 is 5.97 Å². The maximum atomic E-state index is 12.0. The van der Waals surface area contributed by atoms with Gasteiger partial charge in [-0.05, 0) is 58.8 Å². The number of rotatable bonds is 3. The van der Waals surface area contributed by atoms with Crippen LogP contribution in [0.15, 0.2) is 22.7 Å². The highest BCUT2D eigenvalue weighted by Gasteiger charge is 2.30. The average molecular weight is 355 g/mol. The van der Waals surface area contributed by atoms with E-state index in [2.05, 4.69) is 40.4 Å². The molecule has 0 radical (unpaired) electrons. The zero-order chi connectivity index (χ0) is 15.6. The van der Waals surface area contributed by atoms with Crippen molar-refractivity contribution >= 4 is 33.6 Å². The third-order valence-electron chi connectivity index (χ3n) is 4.25. The monoisotopic (exact) mass is 354 g/mol. The highest BCUT2D eigenvalue weighted by atomic mass is 79.9. The third kappa shape index (κ3) is 3.75. The molecule has 114 valence electrons. The average Bonchev–Trinajstić information content (AvgIpc) is 2.73. The molecule has 6 heteroatoms. The number of carbonyl (C=O) groups is 2. The SMILES string of the molecule is CC1CCC(NC(=O)Nc2ccc(C(=O)O)cc2Br)C1C. The van der Waals surface area contributed by atoms with E-state index in [1.807, 2.05) is 0 Å². The standard InChI is InChI=1S/C15H19BrN2O3/c1-8-3-5-12(9(8)2)17-15(21)18-13-6-4-10(14(19)20)7-11(13)16/h4,6-9,12H,3,5H2,1-2H3,(H,19,20)(H2,17,18,21). The number of amides is 2. The Morgan fingerprint density at radius 3 is 2.52 bits per heavy atom. The molecule has 3 N–H and O–H groups in total. The minimum atomic E-state index is -1.000. The molecule has 0 spiro atoms. The zero-order valence-corrected chi connectivity index (χ0v) is 13.6. The Morgan fingerprint density at radius 2 is 2.00 bits per heavy atom. The van der Waals surface area contributed by atoms with Gasteiger partial charge in [-0.25, -0.2) is 9.59 Å². The van der Waals surface area contributed by atoms with Crippen molar-refractivity contribution in [1.29, 1.82) is 0 Å². The molecule has 1 aliphatic carbocycles. The van der Waals surface area contributed by atoms with Gasteiger partial charge in [0.15, 0.2) is 0 Å². The first-order chi connectivity index (χ1) is 9.88. The zero-order valence-electron chi connectivity index (χ0n) is 12.0. The van der Waals surface area contributed by atoms with E-state index in [9.17, 15) is 9.59 Å². The number of urea groups is 1. The van der Waals surface area contributed by atoms with Gasteiger partial charge in [0, 0.05) is 10.5 Å². The largest absolute Gasteiger partial charge is 0.478 e. The van der Waals surface area contributed by atoms with Crippen LogP contribution in [0, 0.1) is 11.8 Å². The number of carboxylic acid groups (broad SMARTS) is 1. The first kappa shape index (κ1) is 15.8. The molecule has 0 aliphatic heterocycles. The molecule has 0 saturated heterocycles. The van der Waals surface area contributed by atoms with E-state index in [4.69, 9.17) is 5.11 Å². The van der Waals surface area contributed by atoms with E-state index in [0.29, 0.717) is 22.0 Å². The van der Waals surface area contributed by atoms with Gasteiger partial charge in [0.25, 0.3) is 0 Å². The van der Waals surface area contributed by atoms with Crippen molar-refractivity contribution in [3.63, 3.8) is 0 Å². The predicted octanol–water partition coefficient (Wildman–Crippen LogP) is 3.70. The number of hydrogen-bond acceptors (Lipinski definition) is 2. The van der Waals surface area contributed by atoms with Crippen LogP contribution < -0.4 is 10.6 Å². The summed E-state index contributed by atoms with van der Waals surface area (Å²) >= 11 is 3.27. The fourth-order valence-electron chi connectivity index (χ4n) is 2.64. The normalized spacial score (nSPS) is 24.6. The molecule has 1 aliphatic rings. The summed E-state index contributed by atoms with van der Waals surface area (Å²) in [6.07, 6.45) is 2.12. The van der Waals surface area contributed by atoms with Crippen LogP contribution in [0.1, 0.15) is 37.0 Å². The van der Waals surface area contributed by atoms with Crippen molar-refractivity contribution in [2.24, 2.45) is 11.8 Å². The molecular formula is C15H19BrN2O3. The molecule has 2 amide bonds. The lowest BCUT2D eigenvalue weighted by Crippen LogP contribution is -2.40. The van der Waals surface area contributed by atoms with Crippen LogP contribution in [0.5, 0.6) is 0 Å². The van der Waals surface area contributed by atoms with Crippen LogP contribution in [0.2, 0.25) is 0 Å². The van der Waals surface area contributed by atoms with E-state index in [1.54, 1.807) is 6.07 Å². The van der Waals surface area contributed by atoms with E-state index in [-0.39, 0.29) is 17.6 Å². The van der Waals surface area contributed by atoms with Gasteiger partial charge in [0.2, 0.25) is 0 Å². The number of aromatic carboxylic acids is 1. The quantitative estimate of drug-likeness (QED) is 0.774. The molecule has 21 heavy (non-hydrogen) atoms. The summed E-state index contributed by atoms with van der Waals surface area (Å²) in [5, 5.41) is 14.6. The lowest BCUT2D eigenvalue weighted by molar-refractivity contribution is 0.0697. The van der Waals surface area contributed by atoms with Crippen LogP contribution in [-0.4, -0.2) is 23.1 Å². The molecule has 0 bridgehead atoms. The van der Waals surface area contributed by atoms with Crippen molar-refractivity contribution < 1.29 is 14.7 Å². The molecule has 0 aromatic heterocycles. The molecular weight excluding hydrogens is 336 g/mol. The Labute approximate surface area is 132 Å². The number of halogens is 1. The first-order valence-corrected chi connectivity index (χ1v) is 7.78. The van der Waals surface area contributed by atoms with Crippen molar-refractivity contribution in [3.8, 4) is 0 Å². The van der Waals surface area contributed by atoms with Crippen molar-refractivity contribution in [1.82, 2.24) is 5.32 Å². The molecule has 1 saturated carbocycles. The lowest BCUT2D eigenvalue weighted by Gasteiger charge is -2.20. The summed E-state index contributed by atoms with van der Waals surface area (Å²) in [6, 6.07) is 4.44. The molecule has 0 heterocycles. The van der Waals surface area contributed by atoms with Gasteiger partial charge in [-0.2, -0.15) is 0 Å². The van der Waals surface area contributed by atoms with Gasteiger partial charge >= 0.3 is 12.0 Å². The number of benzene rings is 1. The Balaban J connectivity index is 1.98. The molecule has 1 fully saturated rings. The molecule has 1 aromatic carbocycles. The number of carbonyl (C=O) groups excluding carboxylic acids is 1. The maximum Gasteiger partial charge on any atom is 0.335 e. The summed E-state index contributed by atoms with van der Waals surface area (Å²) < 4.78 is 0.547. The van der Waals surface area contributed by atoms with Gasteiger partial charge in [0.1, 0.15) is 0 Å². The van der Waals surface area contributed by atoms with Gasteiger partial charge in [0.05, 0.1) is 11.3 Å². The predicted molar refractivity (Wildman–Crippen MR) is 84.6 cm³/mol. The molecule has 3 atom stereocenters. The van der Waals surface area contributed by atoms with Crippen LogP contribution in [0.3, 0.4) is 0 Å². The van der Waals surface area contributed by atoms with Crippen molar-refractivity contribution in [2.45, 2.75) is 32.7 Å². The second-order valence-electron chi connectivity index (χ2n) is 5.62. The second kappa shape index (κ2) is 6.47. The van der Waals surface area contributed by atoms with E-state index in [0.717, 1.165) is 12.8 Å². The molecule has 5 nitrogen and oxygen atoms in total. The fourth-order valence-corrected chi connectivity index (χ4v) is 3.12. The Kier molecular flexibility index (Phi) is 4.88. The summed E-state index contributed by atoms with van der Waals surface area (Å²) in [5.74, 6) is 0.0888. The minimum absolute atomic E-state index is 0.172. The molecule has 1 aromatic rings. The number of nitrogens with one attached hydrogen (secondary N) is 2. The Morgan fingerprint density at radius 1 is 1.29 bits per heavy atom. The minimum Gasteiger partial charge on any atom is -0.478 e. The van der Waals surface area contributed by atoms with Crippen molar-refractivity contribution in [3.05, 3.63) is 28.2 Å². The third-order valence-corrected chi connectivity index (χ3v) is 4.90. The second-order valence-corrected chi connectivity index (χ2v) is 6.47. The van der Waals surface area contributed by atoms with E-state index >= 15 is 0 Å². The van der Waals surface area contributed by atoms with Gasteiger partial charge < -0.3 is 15.7 Å². The summed E-state index contributed by atoms with van der Waals surface area (Å²) in [4.78, 5) is 22.9. The van der Waals surface area contributed by atoms with Gasteiger partial charge in [-0.15, -0.1) is 0 Å². The summed E-state index contributed by atoms with van der Waals surface area (Å²) in [6.45, 7) is 4.35. The lowest BCUT2D eigenvalue weighted by atomic mass is 9.98. The summed E-state index contributed by atoms with van der Waals surface area (Å²) in [7, 11) is 0. The molecule has 2 rings (SSSR count). The van der Waals surface area contributed by atoms with Crippen LogP contribution in [-0.2, 0) is 0 Å². The Hall–Kier alpha value is -1.56. The fraction of sp³-hybridized carbons (Fsp3) is 0.467. The number of carboxylic acids is 1. The molecule has 3 unspecified atom stereocenters. The number of anilines is 1. The first-order valence-electron chi connectivity index (χ1n) is 6.99. The summed E-state index contributed by atoms with van der Waals surface area (Å²) in [5.41, 5.74) is 0.724. The van der Waals surface area contributed by atoms with Gasteiger partial charge in [-0.3, -0.25) is 0 Å². The topological polar surface area (TPSA) is 78.4 Å². The maximum absolute atomic E-state index is 12.0. The van der Waals surface area contributed by atoms with Crippen LogP contribution in [0.25, 0.3) is 0 Å². The van der Waals surface area contributed by atoms with Crippen LogP contribution >= 0.6 is 15.9 Å². The van der Waals surface area contributed by atoms with Gasteiger partial charge in [-0.1, -0.05) is 13.8 Å². The smallest absolute Gasteiger partial charge is 0.335 e.